The molecule has 1 aliphatic carbocycles. The normalized spacial score (nSPS) is 25.3. The van der Waals surface area contributed by atoms with Crippen LogP contribution in [-0.4, -0.2) is 49.6 Å². The standard InChI is InChI=1S/C16H26N2O3/c1-18(2)16(20)14-9-8-13(21-14)11-17-15(19)10-12-6-4-3-5-7-12/h6,13-14H,3-5,7-11H2,1-2H3,(H,17,19)/t13-,14+/m0/s1. The van der Waals surface area contributed by atoms with Gasteiger partial charge < -0.3 is 15.0 Å². The molecule has 0 aromatic rings. The molecule has 1 saturated heterocycles. The summed E-state index contributed by atoms with van der Waals surface area (Å²) in [5, 5.41) is 2.93. The topological polar surface area (TPSA) is 58.6 Å². The van der Waals surface area contributed by atoms with Gasteiger partial charge in [0.2, 0.25) is 5.91 Å². The van der Waals surface area contributed by atoms with Crippen molar-refractivity contribution in [2.75, 3.05) is 20.6 Å². The number of nitrogens with one attached hydrogen (secondary N) is 1. The summed E-state index contributed by atoms with van der Waals surface area (Å²) in [6.45, 7) is 0.503. The van der Waals surface area contributed by atoms with Crippen LogP contribution in [0, 0.1) is 0 Å². The van der Waals surface area contributed by atoms with E-state index in [0.29, 0.717) is 13.0 Å². The molecular formula is C16H26N2O3. The fourth-order valence-electron chi connectivity index (χ4n) is 2.89. The third-order valence-corrected chi connectivity index (χ3v) is 4.12. The van der Waals surface area contributed by atoms with Gasteiger partial charge in [0, 0.05) is 27.1 Å². The van der Waals surface area contributed by atoms with E-state index >= 15 is 0 Å². The van der Waals surface area contributed by atoms with E-state index in [9.17, 15) is 9.59 Å². The van der Waals surface area contributed by atoms with Crippen molar-refractivity contribution >= 4 is 11.8 Å². The first kappa shape index (κ1) is 16.0. The molecule has 2 amide bonds. The lowest BCUT2D eigenvalue weighted by atomic mass is 9.97. The molecular weight excluding hydrogens is 268 g/mol. The van der Waals surface area contributed by atoms with Crippen molar-refractivity contribution in [3.8, 4) is 0 Å². The number of ether oxygens (including phenoxy) is 1. The molecule has 1 heterocycles. The largest absolute Gasteiger partial charge is 0.363 e. The Labute approximate surface area is 126 Å². The van der Waals surface area contributed by atoms with Gasteiger partial charge in [0.15, 0.2) is 0 Å². The Morgan fingerprint density at radius 1 is 1.33 bits per heavy atom. The minimum Gasteiger partial charge on any atom is -0.363 e. The van der Waals surface area contributed by atoms with Crippen molar-refractivity contribution in [1.82, 2.24) is 10.2 Å². The van der Waals surface area contributed by atoms with E-state index in [1.54, 1.807) is 19.0 Å². The monoisotopic (exact) mass is 294 g/mol. The Morgan fingerprint density at radius 2 is 2.14 bits per heavy atom. The van der Waals surface area contributed by atoms with E-state index < -0.39 is 0 Å². The van der Waals surface area contributed by atoms with Crippen molar-refractivity contribution < 1.29 is 14.3 Å². The second-order valence-electron chi connectivity index (χ2n) is 6.15. The molecule has 1 N–H and O–H groups in total. The molecule has 5 heteroatoms. The predicted molar refractivity (Wildman–Crippen MR) is 80.8 cm³/mol. The van der Waals surface area contributed by atoms with Crippen molar-refractivity contribution in [1.29, 1.82) is 0 Å². The zero-order valence-corrected chi connectivity index (χ0v) is 13.1. The van der Waals surface area contributed by atoms with Crippen LogP contribution in [0.4, 0.5) is 0 Å². The molecule has 118 valence electrons. The number of likely N-dealkylation sites (N-methyl/N-ethyl adjacent to an activating group) is 1. The maximum atomic E-state index is 11.9. The van der Waals surface area contributed by atoms with E-state index in [2.05, 4.69) is 11.4 Å². The SMILES string of the molecule is CN(C)C(=O)[C@H]1CC[C@@H](CNC(=O)CC2=CCCCC2)O1. The van der Waals surface area contributed by atoms with Crippen molar-refractivity contribution in [2.24, 2.45) is 0 Å². The van der Waals surface area contributed by atoms with E-state index in [1.807, 2.05) is 0 Å². The van der Waals surface area contributed by atoms with Crippen molar-refractivity contribution in [3.05, 3.63) is 11.6 Å². The molecule has 2 aliphatic rings. The minimum absolute atomic E-state index is 0.0104. The van der Waals surface area contributed by atoms with Gasteiger partial charge in [-0.1, -0.05) is 11.6 Å². The Morgan fingerprint density at radius 3 is 2.81 bits per heavy atom. The van der Waals surface area contributed by atoms with Crippen LogP contribution in [0.5, 0.6) is 0 Å². The molecule has 21 heavy (non-hydrogen) atoms. The molecule has 2 atom stereocenters. The summed E-state index contributed by atoms with van der Waals surface area (Å²) >= 11 is 0. The summed E-state index contributed by atoms with van der Waals surface area (Å²) < 4.78 is 5.70. The summed E-state index contributed by atoms with van der Waals surface area (Å²) in [5.74, 6) is 0.0744. The van der Waals surface area contributed by atoms with Crippen LogP contribution in [0.25, 0.3) is 0 Å². The van der Waals surface area contributed by atoms with Crippen LogP contribution in [0.2, 0.25) is 0 Å². The van der Waals surface area contributed by atoms with Gasteiger partial charge in [0.25, 0.3) is 5.91 Å². The smallest absolute Gasteiger partial charge is 0.251 e. The number of carbonyl (C=O) groups is 2. The minimum atomic E-state index is -0.344. The number of allylic oxidation sites excluding steroid dienone is 1. The van der Waals surface area contributed by atoms with Gasteiger partial charge in [0.1, 0.15) is 6.10 Å². The molecule has 1 aliphatic heterocycles. The van der Waals surface area contributed by atoms with Gasteiger partial charge in [-0.2, -0.15) is 0 Å². The van der Waals surface area contributed by atoms with Crippen LogP contribution in [-0.2, 0) is 14.3 Å². The average molecular weight is 294 g/mol. The first-order valence-corrected chi connectivity index (χ1v) is 7.87. The van der Waals surface area contributed by atoms with Crippen molar-refractivity contribution in [2.45, 2.75) is 57.2 Å². The maximum absolute atomic E-state index is 11.9. The van der Waals surface area contributed by atoms with Gasteiger partial charge in [-0.05, 0) is 38.5 Å². The van der Waals surface area contributed by atoms with E-state index in [4.69, 9.17) is 4.74 Å². The molecule has 0 aromatic carbocycles. The molecule has 1 fully saturated rings. The second kappa shape index (κ2) is 7.59. The Kier molecular flexibility index (Phi) is 5.79. The van der Waals surface area contributed by atoms with Gasteiger partial charge in [-0.15, -0.1) is 0 Å². The average Bonchev–Trinajstić information content (AvgIpc) is 2.94. The summed E-state index contributed by atoms with van der Waals surface area (Å²) in [4.78, 5) is 25.3. The fraction of sp³-hybridized carbons (Fsp3) is 0.750. The summed E-state index contributed by atoms with van der Waals surface area (Å²) in [7, 11) is 3.47. The Balaban J connectivity index is 1.68. The van der Waals surface area contributed by atoms with E-state index in [-0.39, 0.29) is 24.0 Å². The van der Waals surface area contributed by atoms with Gasteiger partial charge >= 0.3 is 0 Å². The predicted octanol–water partition coefficient (Wildman–Crippen LogP) is 1.63. The van der Waals surface area contributed by atoms with Gasteiger partial charge in [-0.25, -0.2) is 0 Å². The summed E-state index contributed by atoms with van der Waals surface area (Å²) in [5.41, 5.74) is 1.26. The van der Waals surface area contributed by atoms with Gasteiger partial charge in [-0.3, -0.25) is 9.59 Å². The van der Waals surface area contributed by atoms with Crippen LogP contribution < -0.4 is 5.32 Å². The summed E-state index contributed by atoms with van der Waals surface area (Å²) in [6.07, 6.45) is 8.46. The number of amides is 2. The first-order valence-electron chi connectivity index (χ1n) is 7.87. The van der Waals surface area contributed by atoms with Gasteiger partial charge in [0.05, 0.1) is 6.10 Å². The Bertz CT molecular complexity index is 418. The highest BCUT2D eigenvalue weighted by Crippen LogP contribution is 2.21. The van der Waals surface area contributed by atoms with Crippen molar-refractivity contribution in [3.63, 3.8) is 0 Å². The maximum Gasteiger partial charge on any atom is 0.251 e. The quantitative estimate of drug-likeness (QED) is 0.784. The molecule has 2 rings (SSSR count). The number of carbonyl (C=O) groups excluding carboxylic acids is 2. The van der Waals surface area contributed by atoms with Crippen LogP contribution in [0.3, 0.4) is 0 Å². The molecule has 5 nitrogen and oxygen atoms in total. The number of nitrogens with zero attached hydrogens (tertiary/aromatic N) is 1. The zero-order chi connectivity index (χ0) is 15.2. The highest BCUT2D eigenvalue weighted by atomic mass is 16.5. The number of hydrogen-bond acceptors (Lipinski definition) is 3. The highest BCUT2D eigenvalue weighted by Gasteiger charge is 2.31. The highest BCUT2D eigenvalue weighted by molar-refractivity contribution is 5.80. The fourth-order valence-corrected chi connectivity index (χ4v) is 2.89. The first-order chi connectivity index (χ1) is 10.1. The van der Waals surface area contributed by atoms with E-state index in [0.717, 1.165) is 25.7 Å². The summed E-state index contributed by atoms with van der Waals surface area (Å²) in [6, 6.07) is 0. The van der Waals surface area contributed by atoms with Crippen LogP contribution >= 0.6 is 0 Å². The lowest BCUT2D eigenvalue weighted by Gasteiger charge is -2.18. The lowest BCUT2D eigenvalue weighted by molar-refractivity contribution is -0.140. The molecule has 0 radical (unpaired) electrons. The third-order valence-electron chi connectivity index (χ3n) is 4.12. The molecule has 0 saturated carbocycles. The molecule has 0 bridgehead atoms. The zero-order valence-electron chi connectivity index (χ0n) is 13.1. The lowest BCUT2D eigenvalue weighted by Crippen LogP contribution is -2.36. The van der Waals surface area contributed by atoms with E-state index in [1.165, 1.54) is 18.4 Å². The Hall–Kier alpha value is -1.36. The number of hydrogen-bond donors (Lipinski definition) is 1. The third kappa shape index (κ3) is 4.84. The molecule has 0 aromatic heterocycles. The van der Waals surface area contributed by atoms with Crippen LogP contribution in [0.1, 0.15) is 44.9 Å². The molecule has 0 unspecified atom stereocenters. The second-order valence-corrected chi connectivity index (χ2v) is 6.15. The molecule has 0 spiro atoms. The number of rotatable bonds is 5. The van der Waals surface area contributed by atoms with Crippen LogP contribution in [0.15, 0.2) is 11.6 Å².